The van der Waals surface area contributed by atoms with Crippen molar-refractivity contribution in [1.29, 1.82) is 0 Å². The zero-order valence-corrected chi connectivity index (χ0v) is 19.8. The van der Waals surface area contributed by atoms with E-state index in [1.807, 2.05) is 36.4 Å². The van der Waals surface area contributed by atoms with Gasteiger partial charge in [-0.1, -0.05) is 30.3 Å². The maximum atomic E-state index is 12.8. The summed E-state index contributed by atoms with van der Waals surface area (Å²) < 4.78 is 11.1. The summed E-state index contributed by atoms with van der Waals surface area (Å²) in [6, 6.07) is 18.2. The Kier molecular flexibility index (Phi) is 6.01. The van der Waals surface area contributed by atoms with E-state index in [2.05, 4.69) is 41.8 Å². The van der Waals surface area contributed by atoms with Crippen molar-refractivity contribution in [2.24, 2.45) is 0 Å². The summed E-state index contributed by atoms with van der Waals surface area (Å²) in [5.41, 5.74) is 2.74. The lowest BCUT2D eigenvalue weighted by Crippen LogP contribution is -2.40. The van der Waals surface area contributed by atoms with Crippen LogP contribution in [0.3, 0.4) is 0 Å². The number of amides is 1. The first-order valence-electron chi connectivity index (χ1n) is 11.7. The second-order valence-corrected chi connectivity index (χ2v) is 9.09. The Labute approximate surface area is 199 Å². The van der Waals surface area contributed by atoms with Crippen LogP contribution in [0.1, 0.15) is 36.2 Å². The summed E-state index contributed by atoms with van der Waals surface area (Å²) in [6.07, 6.45) is 3.73. The van der Waals surface area contributed by atoms with Crippen LogP contribution in [0.5, 0.6) is 5.75 Å². The standard InChI is InChI=1S/C27H30N4O3/c1-31(2)22-16-25(30-21-9-5-4-8-20(21)22)28-18-11-13-19(14-12-18)29-27(32)24-15-17-7-6-10-23(33-3)26(17)34-24/h4-10,15-16,18-19H,11-14H2,1-3H3,(H,28,30)(H,29,32)/t18-,19+. The number of rotatable bonds is 6. The van der Waals surface area contributed by atoms with Crippen molar-refractivity contribution in [1.82, 2.24) is 10.3 Å². The average molecular weight is 459 g/mol. The molecule has 0 radical (unpaired) electrons. The van der Waals surface area contributed by atoms with Gasteiger partial charge in [0.2, 0.25) is 0 Å². The minimum atomic E-state index is -0.179. The van der Waals surface area contributed by atoms with Crippen LogP contribution in [0, 0.1) is 0 Å². The first kappa shape index (κ1) is 22.1. The van der Waals surface area contributed by atoms with Crippen molar-refractivity contribution >= 4 is 39.3 Å². The van der Waals surface area contributed by atoms with Gasteiger partial charge >= 0.3 is 0 Å². The Bertz CT molecular complexity index is 1320. The van der Waals surface area contributed by atoms with Crippen molar-refractivity contribution in [2.45, 2.75) is 37.8 Å². The predicted molar refractivity (Wildman–Crippen MR) is 136 cm³/mol. The molecule has 2 aromatic heterocycles. The number of para-hydroxylation sites is 2. The van der Waals surface area contributed by atoms with E-state index < -0.39 is 0 Å². The van der Waals surface area contributed by atoms with E-state index >= 15 is 0 Å². The molecule has 4 aromatic rings. The first-order chi connectivity index (χ1) is 16.5. The van der Waals surface area contributed by atoms with Gasteiger partial charge in [-0.2, -0.15) is 0 Å². The van der Waals surface area contributed by atoms with Crippen LogP contribution in [0.15, 0.2) is 59.0 Å². The van der Waals surface area contributed by atoms with Crippen LogP contribution in [0.2, 0.25) is 0 Å². The minimum Gasteiger partial charge on any atom is -0.493 e. The molecule has 0 bridgehead atoms. The molecule has 2 heterocycles. The number of hydrogen-bond acceptors (Lipinski definition) is 6. The fourth-order valence-corrected chi connectivity index (χ4v) is 4.76. The van der Waals surface area contributed by atoms with Crippen LogP contribution >= 0.6 is 0 Å². The number of carbonyl (C=O) groups excluding carboxylic acids is 1. The van der Waals surface area contributed by atoms with Gasteiger partial charge in [-0.25, -0.2) is 4.98 Å². The van der Waals surface area contributed by atoms with Crippen LogP contribution in [0.4, 0.5) is 11.5 Å². The lowest BCUT2D eigenvalue weighted by molar-refractivity contribution is 0.0900. The van der Waals surface area contributed by atoms with E-state index in [9.17, 15) is 4.79 Å². The fourth-order valence-electron chi connectivity index (χ4n) is 4.76. The Hall–Kier alpha value is -3.74. The van der Waals surface area contributed by atoms with Crippen LogP contribution in [-0.4, -0.2) is 44.2 Å². The largest absolute Gasteiger partial charge is 0.493 e. The fraction of sp³-hybridized carbons (Fsp3) is 0.333. The molecule has 0 atom stereocenters. The zero-order chi connectivity index (χ0) is 23.7. The molecule has 0 aliphatic heterocycles. The first-order valence-corrected chi connectivity index (χ1v) is 11.7. The summed E-state index contributed by atoms with van der Waals surface area (Å²) >= 11 is 0. The highest BCUT2D eigenvalue weighted by Crippen LogP contribution is 2.30. The molecule has 0 unspecified atom stereocenters. The highest BCUT2D eigenvalue weighted by atomic mass is 16.5. The smallest absolute Gasteiger partial charge is 0.287 e. The van der Waals surface area contributed by atoms with E-state index in [1.54, 1.807) is 13.2 Å². The minimum absolute atomic E-state index is 0.127. The lowest BCUT2D eigenvalue weighted by Gasteiger charge is -2.30. The molecule has 1 aliphatic carbocycles. The van der Waals surface area contributed by atoms with Gasteiger partial charge in [-0.05, 0) is 43.9 Å². The number of carbonyl (C=O) groups is 1. The highest BCUT2D eigenvalue weighted by Gasteiger charge is 2.25. The number of hydrogen-bond donors (Lipinski definition) is 2. The van der Waals surface area contributed by atoms with Gasteiger partial charge in [0.1, 0.15) is 5.82 Å². The monoisotopic (exact) mass is 458 g/mol. The normalized spacial score (nSPS) is 18.1. The molecule has 5 rings (SSSR count). The molecule has 2 N–H and O–H groups in total. The van der Waals surface area contributed by atoms with Gasteiger partial charge in [0.15, 0.2) is 17.1 Å². The Morgan fingerprint density at radius 2 is 1.79 bits per heavy atom. The third-order valence-corrected chi connectivity index (χ3v) is 6.54. The topological polar surface area (TPSA) is 79.6 Å². The van der Waals surface area contributed by atoms with E-state index in [0.29, 0.717) is 23.1 Å². The molecule has 1 fully saturated rings. The van der Waals surface area contributed by atoms with Crippen molar-refractivity contribution in [3.05, 3.63) is 60.4 Å². The maximum Gasteiger partial charge on any atom is 0.287 e. The molecule has 7 heteroatoms. The van der Waals surface area contributed by atoms with Gasteiger partial charge < -0.3 is 24.7 Å². The van der Waals surface area contributed by atoms with Crippen LogP contribution in [-0.2, 0) is 0 Å². The van der Waals surface area contributed by atoms with E-state index in [0.717, 1.165) is 53.5 Å². The van der Waals surface area contributed by atoms with Gasteiger partial charge in [-0.15, -0.1) is 0 Å². The summed E-state index contributed by atoms with van der Waals surface area (Å²) in [4.78, 5) is 19.7. The number of benzene rings is 2. The Balaban J connectivity index is 1.21. The number of pyridine rings is 1. The van der Waals surface area contributed by atoms with E-state index in [4.69, 9.17) is 14.1 Å². The van der Waals surface area contributed by atoms with Crippen molar-refractivity contribution in [3.8, 4) is 5.75 Å². The number of furan rings is 1. The third-order valence-electron chi connectivity index (χ3n) is 6.54. The second kappa shape index (κ2) is 9.25. The van der Waals surface area contributed by atoms with Crippen molar-refractivity contribution in [2.75, 3.05) is 31.4 Å². The van der Waals surface area contributed by atoms with E-state index in [1.165, 1.54) is 0 Å². The van der Waals surface area contributed by atoms with E-state index in [-0.39, 0.29) is 11.9 Å². The number of anilines is 2. The van der Waals surface area contributed by atoms with Gasteiger partial charge in [0, 0.05) is 48.7 Å². The van der Waals surface area contributed by atoms with Crippen LogP contribution in [0.25, 0.3) is 21.9 Å². The highest BCUT2D eigenvalue weighted by molar-refractivity contribution is 5.97. The third kappa shape index (κ3) is 4.38. The molecule has 0 spiro atoms. The summed E-state index contributed by atoms with van der Waals surface area (Å²) in [7, 11) is 5.70. The summed E-state index contributed by atoms with van der Waals surface area (Å²) in [6.45, 7) is 0. The molecular formula is C27H30N4O3. The summed E-state index contributed by atoms with van der Waals surface area (Å²) in [5, 5.41) is 8.77. The molecular weight excluding hydrogens is 428 g/mol. The molecule has 1 amide bonds. The number of fused-ring (bicyclic) bond motifs is 2. The number of methoxy groups -OCH3 is 1. The predicted octanol–water partition coefficient (Wildman–Crippen LogP) is 5.21. The average Bonchev–Trinajstić information content (AvgIpc) is 3.29. The molecule has 2 aromatic carbocycles. The number of ether oxygens (including phenoxy) is 1. The lowest BCUT2D eigenvalue weighted by atomic mass is 9.91. The number of aromatic nitrogens is 1. The molecule has 1 aliphatic rings. The van der Waals surface area contributed by atoms with Gasteiger partial charge in [0.05, 0.1) is 12.6 Å². The van der Waals surface area contributed by atoms with Gasteiger partial charge in [0.25, 0.3) is 5.91 Å². The zero-order valence-electron chi connectivity index (χ0n) is 19.8. The maximum absolute atomic E-state index is 12.8. The number of nitrogens with zero attached hydrogens (tertiary/aromatic N) is 2. The van der Waals surface area contributed by atoms with Crippen LogP contribution < -0.4 is 20.3 Å². The Morgan fingerprint density at radius 1 is 1.03 bits per heavy atom. The quantitative estimate of drug-likeness (QED) is 0.413. The number of nitrogens with one attached hydrogen (secondary N) is 2. The molecule has 7 nitrogen and oxygen atoms in total. The molecule has 34 heavy (non-hydrogen) atoms. The SMILES string of the molecule is COc1cccc2cc(C(=O)N[C@H]3CC[C@@H](Nc4cc(N(C)C)c5ccccc5n4)CC3)oc12. The van der Waals surface area contributed by atoms with Gasteiger partial charge in [-0.3, -0.25) is 4.79 Å². The molecule has 0 saturated heterocycles. The van der Waals surface area contributed by atoms with Crippen molar-refractivity contribution in [3.63, 3.8) is 0 Å². The summed E-state index contributed by atoms with van der Waals surface area (Å²) in [5.74, 6) is 1.66. The van der Waals surface area contributed by atoms with Crippen molar-refractivity contribution < 1.29 is 13.9 Å². The Morgan fingerprint density at radius 3 is 2.56 bits per heavy atom. The second-order valence-electron chi connectivity index (χ2n) is 9.09. The molecule has 176 valence electrons. The molecule has 1 saturated carbocycles.